The van der Waals surface area contributed by atoms with E-state index in [1.54, 1.807) is 48.5 Å². The van der Waals surface area contributed by atoms with Gasteiger partial charge in [0.25, 0.3) is 11.7 Å². The summed E-state index contributed by atoms with van der Waals surface area (Å²) in [5.74, 6) is 0.0778. The Bertz CT molecular complexity index is 1210. The van der Waals surface area contributed by atoms with Gasteiger partial charge < -0.3 is 14.6 Å². The number of hydrogen-bond acceptors (Lipinski definition) is 5. The van der Waals surface area contributed by atoms with Gasteiger partial charge in [0.2, 0.25) is 0 Å². The topological polar surface area (TPSA) is 76.1 Å². The highest BCUT2D eigenvalue weighted by Gasteiger charge is 2.46. The second kappa shape index (κ2) is 10.5. The van der Waals surface area contributed by atoms with E-state index in [0.29, 0.717) is 41.9 Å². The van der Waals surface area contributed by atoms with Crippen LogP contribution in [0.2, 0.25) is 0 Å². The zero-order valence-corrected chi connectivity index (χ0v) is 20.1. The van der Waals surface area contributed by atoms with E-state index in [1.165, 1.54) is 4.90 Å². The first kappa shape index (κ1) is 24.1. The molecule has 180 valence electrons. The van der Waals surface area contributed by atoms with Crippen molar-refractivity contribution in [1.29, 1.82) is 0 Å². The minimum Gasteiger partial charge on any atom is -0.507 e. The van der Waals surface area contributed by atoms with Crippen LogP contribution in [0, 0.1) is 5.92 Å². The fourth-order valence-corrected chi connectivity index (χ4v) is 4.05. The first-order valence-corrected chi connectivity index (χ1v) is 11.7. The Balaban J connectivity index is 1.77. The molecule has 4 rings (SSSR count). The number of carbonyl (C=O) groups is 2. The van der Waals surface area contributed by atoms with Crippen molar-refractivity contribution in [2.75, 3.05) is 18.1 Å². The molecule has 6 nitrogen and oxygen atoms in total. The molecule has 3 aromatic carbocycles. The SMILES string of the molecule is CCOc1ccc(N2C(=O)C(=O)/C(=C(/O)c3ccc(OCC(C)C)cc3)C2c2ccccc2)cc1. The summed E-state index contributed by atoms with van der Waals surface area (Å²) >= 11 is 0. The smallest absolute Gasteiger partial charge is 0.300 e. The van der Waals surface area contributed by atoms with E-state index in [1.807, 2.05) is 37.3 Å². The molecular formula is C29H29NO5. The second-order valence-corrected chi connectivity index (χ2v) is 8.74. The molecule has 1 aliphatic rings. The van der Waals surface area contributed by atoms with Gasteiger partial charge in [-0.2, -0.15) is 0 Å². The average Bonchev–Trinajstić information content (AvgIpc) is 3.14. The molecule has 0 saturated carbocycles. The molecule has 0 aromatic heterocycles. The summed E-state index contributed by atoms with van der Waals surface area (Å²) in [6, 6.07) is 22.3. The quantitative estimate of drug-likeness (QED) is 0.257. The van der Waals surface area contributed by atoms with E-state index < -0.39 is 17.7 Å². The molecule has 6 heteroatoms. The van der Waals surface area contributed by atoms with Crippen LogP contribution in [0.15, 0.2) is 84.4 Å². The van der Waals surface area contributed by atoms with Gasteiger partial charge in [-0.15, -0.1) is 0 Å². The number of amides is 1. The third-order valence-electron chi connectivity index (χ3n) is 5.70. The van der Waals surface area contributed by atoms with Crippen LogP contribution in [-0.2, 0) is 9.59 Å². The van der Waals surface area contributed by atoms with E-state index in [2.05, 4.69) is 13.8 Å². The normalized spacial score (nSPS) is 17.1. The Hall–Kier alpha value is -4.06. The number of benzene rings is 3. The zero-order valence-electron chi connectivity index (χ0n) is 20.1. The van der Waals surface area contributed by atoms with Crippen LogP contribution in [0.5, 0.6) is 11.5 Å². The van der Waals surface area contributed by atoms with Crippen molar-refractivity contribution in [1.82, 2.24) is 0 Å². The molecule has 1 atom stereocenters. The van der Waals surface area contributed by atoms with Gasteiger partial charge in [-0.25, -0.2) is 0 Å². The number of carbonyl (C=O) groups excluding carboxylic acids is 2. The molecule has 1 aliphatic heterocycles. The molecule has 0 bridgehead atoms. The highest BCUT2D eigenvalue weighted by Crippen LogP contribution is 2.42. The molecule has 0 radical (unpaired) electrons. The Morgan fingerprint density at radius 3 is 2.09 bits per heavy atom. The lowest BCUT2D eigenvalue weighted by Crippen LogP contribution is -2.29. The summed E-state index contributed by atoms with van der Waals surface area (Å²) in [4.78, 5) is 27.9. The van der Waals surface area contributed by atoms with Crippen molar-refractivity contribution < 1.29 is 24.2 Å². The van der Waals surface area contributed by atoms with Crippen molar-refractivity contribution in [3.05, 3.63) is 95.6 Å². The summed E-state index contributed by atoms with van der Waals surface area (Å²) in [5.41, 5.74) is 1.75. The van der Waals surface area contributed by atoms with Gasteiger partial charge in [-0.3, -0.25) is 14.5 Å². The summed E-state index contributed by atoms with van der Waals surface area (Å²) < 4.78 is 11.2. The van der Waals surface area contributed by atoms with Gasteiger partial charge in [0, 0.05) is 11.3 Å². The molecule has 1 amide bonds. The van der Waals surface area contributed by atoms with E-state index in [-0.39, 0.29) is 11.3 Å². The van der Waals surface area contributed by atoms with Gasteiger partial charge in [0.15, 0.2) is 0 Å². The standard InChI is InChI=1S/C29H29NO5/c1-4-34-23-16-12-22(13-17-23)30-26(20-8-6-5-7-9-20)25(28(32)29(30)33)27(31)21-10-14-24(15-11-21)35-18-19(2)3/h5-17,19,26,31H,4,18H2,1-3H3/b27-25+. The lowest BCUT2D eigenvalue weighted by molar-refractivity contribution is -0.132. The summed E-state index contributed by atoms with van der Waals surface area (Å²) in [6.07, 6.45) is 0. The largest absolute Gasteiger partial charge is 0.507 e. The van der Waals surface area contributed by atoms with E-state index >= 15 is 0 Å². The van der Waals surface area contributed by atoms with Gasteiger partial charge >= 0.3 is 0 Å². The molecular weight excluding hydrogens is 442 g/mol. The van der Waals surface area contributed by atoms with Gasteiger partial charge in [-0.1, -0.05) is 44.2 Å². The minimum atomic E-state index is -0.772. The molecule has 1 N–H and O–H groups in total. The predicted octanol–water partition coefficient (Wildman–Crippen LogP) is 5.75. The summed E-state index contributed by atoms with van der Waals surface area (Å²) in [7, 11) is 0. The molecule has 3 aromatic rings. The summed E-state index contributed by atoms with van der Waals surface area (Å²) in [6.45, 7) is 7.12. The number of ether oxygens (including phenoxy) is 2. The fourth-order valence-electron chi connectivity index (χ4n) is 4.05. The average molecular weight is 472 g/mol. The number of nitrogens with zero attached hydrogens (tertiary/aromatic N) is 1. The maximum absolute atomic E-state index is 13.2. The highest BCUT2D eigenvalue weighted by molar-refractivity contribution is 6.51. The third kappa shape index (κ3) is 5.06. The molecule has 35 heavy (non-hydrogen) atoms. The second-order valence-electron chi connectivity index (χ2n) is 8.74. The Labute approximate surface area is 205 Å². The van der Waals surface area contributed by atoms with Crippen LogP contribution < -0.4 is 14.4 Å². The third-order valence-corrected chi connectivity index (χ3v) is 5.70. The molecule has 1 saturated heterocycles. The van der Waals surface area contributed by atoms with Gasteiger partial charge in [0.05, 0.1) is 24.8 Å². The number of hydrogen-bond donors (Lipinski definition) is 1. The number of aliphatic hydroxyl groups excluding tert-OH is 1. The Morgan fingerprint density at radius 1 is 0.886 bits per heavy atom. The first-order chi connectivity index (χ1) is 16.9. The predicted molar refractivity (Wildman–Crippen MR) is 136 cm³/mol. The number of ketones is 1. The van der Waals surface area contributed by atoms with E-state index in [0.717, 1.165) is 5.56 Å². The van der Waals surface area contributed by atoms with Crippen molar-refractivity contribution in [2.24, 2.45) is 5.92 Å². The molecule has 1 fully saturated rings. The van der Waals surface area contributed by atoms with Crippen LogP contribution in [0.4, 0.5) is 5.69 Å². The van der Waals surface area contributed by atoms with E-state index in [9.17, 15) is 14.7 Å². The lowest BCUT2D eigenvalue weighted by Gasteiger charge is -2.25. The maximum Gasteiger partial charge on any atom is 0.300 e. The van der Waals surface area contributed by atoms with Crippen LogP contribution >= 0.6 is 0 Å². The van der Waals surface area contributed by atoms with Crippen molar-refractivity contribution in [2.45, 2.75) is 26.8 Å². The van der Waals surface area contributed by atoms with Gasteiger partial charge in [-0.05, 0) is 66.9 Å². The number of rotatable bonds is 8. The van der Waals surface area contributed by atoms with Crippen molar-refractivity contribution in [3.63, 3.8) is 0 Å². The fraction of sp³-hybridized carbons (Fsp3) is 0.241. The Kier molecular flexibility index (Phi) is 7.20. The number of anilines is 1. The van der Waals surface area contributed by atoms with Crippen LogP contribution in [0.3, 0.4) is 0 Å². The monoisotopic (exact) mass is 471 g/mol. The highest BCUT2D eigenvalue weighted by atomic mass is 16.5. The lowest BCUT2D eigenvalue weighted by atomic mass is 9.95. The molecule has 1 heterocycles. The Morgan fingerprint density at radius 2 is 1.49 bits per heavy atom. The number of aliphatic hydroxyl groups is 1. The van der Waals surface area contributed by atoms with Gasteiger partial charge in [0.1, 0.15) is 17.3 Å². The molecule has 0 spiro atoms. The van der Waals surface area contributed by atoms with Crippen LogP contribution in [0.25, 0.3) is 5.76 Å². The molecule has 1 unspecified atom stereocenters. The number of Topliss-reactive ketones (excluding diaryl/α,β-unsaturated/α-hetero) is 1. The maximum atomic E-state index is 13.2. The zero-order chi connectivity index (χ0) is 24.9. The van der Waals surface area contributed by atoms with E-state index in [4.69, 9.17) is 9.47 Å². The first-order valence-electron chi connectivity index (χ1n) is 11.7. The van der Waals surface area contributed by atoms with Crippen LogP contribution in [-0.4, -0.2) is 30.0 Å². The summed E-state index contributed by atoms with van der Waals surface area (Å²) in [5, 5.41) is 11.2. The molecule has 0 aliphatic carbocycles. The van der Waals surface area contributed by atoms with Crippen molar-refractivity contribution >= 4 is 23.1 Å². The van der Waals surface area contributed by atoms with Crippen molar-refractivity contribution in [3.8, 4) is 11.5 Å². The minimum absolute atomic E-state index is 0.0472. The van der Waals surface area contributed by atoms with Crippen LogP contribution in [0.1, 0.15) is 37.9 Å².